The van der Waals surface area contributed by atoms with Crippen LogP contribution in [0.2, 0.25) is 0 Å². The van der Waals surface area contributed by atoms with Crippen molar-refractivity contribution in [2.24, 2.45) is 0 Å². The summed E-state index contributed by atoms with van der Waals surface area (Å²) < 4.78 is 2.31. The van der Waals surface area contributed by atoms with Gasteiger partial charge in [-0.3, -0.25) is 4.79 Å². The number of thioether (sulfide) groups is 1. The largest absolute Gasteiger partial charge is 0.346 e. The topological polar surface area (TPSA) is 34.0 Å². The van der Waals surface area contributed by atoms with Crippen molar-refractivity contribution in [2.45, 2.75) is 18.0 Å². The molecule has 4 rings (SSSR count). The number of carbonyl (C=O) groups is 1. The lowest BCUT2D eigenvalue weighted by Gasteiger charge is -2.16. The number of fused-ring (bicyclic) bond motifs is 3. The van der Waals surface area contributed by atoms with E-state index in [9.17, 15) is 4.79 Å². The highest BCUT2D eigenvalue weighted by Crippen LogP contribution is 2.38. The molecule has 1 aromatic heterocycles. The van der Waals surface area contributed by atoms with Crippen LogP contribution in [0.4, 0.5) is 0 Å². The Balaban J connectivity index is 2.23. The van der Waals surface area contributed by atoms with E-state index >= 15 is 0 Å². The molecular formula is C12H10N2OS. The summed E-state index contributed by atoms with van der Waals surface area (Å²) in [7, 11) is 0. The van der Waals surface area contributed by atoms with E-state index in [2.05, 4.69) is 22.0 Å². The molecule has 0 unspecified atom stereocenters. The zero-order valence-corrected chi connectivity index (χ0v) is 9.43. The van der Waals surface area contributed by atoms with E-state index in [1.54, 1.807) is 0 Å². The fourth-order valence-corrected chi connectivity index (χ4v) is 3.75. The van der Waals surface area contributed by atoms with Gasteiger partial charge in [0.15, 0.2) is 0 Å². The second-order valence-corrected chi connectivity index (χ2v) is 5.29. The Bertz CT molecular complexity index is 629. The number of nitrogens with one attached hydrogen (secondary N) is 1. The summed E-state index contributed by atoms with van der Waals surface area (Å²) in [5, 5.41) is 4.03. The van der Waals surface area contributed by atoms with Gasteiger partial charge >= 0.3 is 0 Å². The standard InChI is InChI=1S/C12H10N2OS/c15-12-10-7-2-1-3-9-11(7)14(4-5-16-9)8(10)6-13-12/h1-3H,4-6H2,(H,13,15). The summed E-state index contributed by atoms with van der Waals surface area (Å²) in [6.45, 7) is 1.70. The summed E-state index contributed by atoms with van der Waals surface area (Å²) in [6.07, 6.45) is 0. The number of para-hydroxylation sites is 1. The van der Waals surface area contributed by atoms with E-state index in [1.807, 2.05) is 17.8 Å². The van der Waals surface area contributed by atoms with Crippen LogP contribution >= 0.6 is 11.8 Å². The van der Waals surface area contributed by atoms with Gasteiger partial charge in [-0.15, -0.1) is 11.8 Å². The second kappa shape index (κ2) is 2.83. The van der Waals surface area contributed by atoms with Gasteiger partial charge in [0.2, 0.25) is 0 Å². The van der Waals surface area contributed by atoms with Crippen molar-refractivity contribution in [3.63, 3.8) is 0 Å². The molecule has 16 heavy (non-hydrogen) atoms. The lowest BCUT2D eigenvalue weighted by molar-refractivity contribution is 0.0967. The number of aryl methyl sites for hydroxylation is 1. The summed E-state index contributed by atoms with van der Waals surface area (Å²) in [5.41, 5.74) is 3.34. The molecule has 4 heteroatoms. The van der Waals surface area contributed by atoms with Gasteiger partial charge < -0.3 is 9.88 Å². The second-order valence-electron chi connectivity index (χ2n) is 4.16. The third kappa shape index (κ3) is 0.888. The molecule has 3 nitrogen and oxygen atoms in total. The highest BCUT2D eigenvalue weighted by molar-refractivity contribution is 7.99. The third-order valence-corrected chi connectivity index (χ3v) is 4.40. The van der Waals surface area contributed by atoms with Crippen LogP contribution < -0.4 is 5.32 Å². The average Bonchev–Trinajstić information content (AvgIpc) is 2.83. The Labute approximate surface area is 96.8 Å². The molecule has 0 saturated heterocycles. The van der Waals surface area contributed by atoms with E-state index < -0.39 is 0 Å². The van der Waals surface area contributed by atoms with Crippen LogP contribution in [0.3, 0.4) is 0 Å². The van der Waals surface area contributed by atoms with Crippen molar-refractivity contribution in [1.82, 2.24) is 9.88 Å². The van der Waals surface area contributed by atoms with E-state index in [1.165, 1.54) is 16.1 Å². The molecule has 1 aromatic carbocycles. The Morgan fingerprint density at radius 2 is 2.31 bits per heavy atom. The molecule has 0 aliphatic carbocycles. The highest BCUT2D eigenvalue weighted by Gasteiger charge is 2.29. The molecule has 0 saturated carbocycles. The van der Waals surface area contributed by atoms with Crippen LogP contribution in [-0.2, 0) is 13.1 Å². The Morgan fingerprint density at radius 3 is 3.25 bits per heavy atom. The molecule has 2 aliphatic heterocycles. The number of nitrogens with zero attached hydrogens (tertiary/aromatic N) is 1. The number of aromatic nitrogens is 1. The Hall–Kier alpha value is -1.42. The van der Waals surface area contributed by atoms with E-state index in [0.717, 1.165) is 23.2 Å². The molecule has 0 spiro atoms. The lowest BCUT2D eigenvalue weighted by Crippen LogP contribution is -2.15. The first-order valence-corrected chi connectivity index (χ1v) is 6.40. The fraction of sp³-hybridized carbons (Fsp3) is 0.250. The molecule has 80 valence electrons. The normalized spacial score (nSPS) is 17.6. The smallest absolute Gasteiger partial charge is 0.254 e. The van der Waals surface area contributed by atoms with Crippen LogP contribution in [0.5, 0.6) is 0 Å². The zero-order chi connectivity index (χ0) is 10.7. The van der Waals surface area contributed by atoms with Crippen LogP contribution in [0.15, 0.2) is 23.1 Å². The maximum Gasteiger partial charge on any atom is 0.254 e. The quantitative estimate of drug-likeness (QED) is 0.751. The highest BCUT2D eigenvalue weighted by atomic mass is 32.2. The van der Waals surface area contributed by atoms with Crippen molar-refractivity contribution in [2.75, 3.05) is 5.75 Å². The first-order chi connectivity index (χ1) is 7.86. The van der Waals surface area contributed by atoms with Crippen molar-refractivity contribution in [3.05, 3.63) is 29.5 Å². The summed E-state index contributed by atoms with van der Waals surface area (Å²) in [6, 6.07) is 6.26. The minimum absolute atomic E-state index is 0.0859. The van der Waals surface area contributed by atoms with Crippen molar-refractivity contribution in [1.29, 1.82) is 0 Å². The van der Waals surface area contributed by atoms with Gasteiger partial charge in [-0.2, -0.15) is 0 Å². The number of amides is 1. The third-order valence-electron chi connectivity index (χ3n) is 3.37. The predicted molar refractivity (Wildman–Crippen MR) is 63.8 cm³/mol. The summed E-state index contributed by atoms with van der Waals surface area (Å²) in [4.78, 5) is 13.1. The van der Waals surface area contributed by atoms with Crippen molar-refractivity contribution in [3.8, 4) is 0 Å². The monoisotopic (exact) mass is 230 g/mol. The number of hydrogen-bond donors (Lipinski definition) is 1. The van der Waals surface area contributed by atoms with Gasteiger partial charge in [0, 0.05) is 22.6 Å². The average molecular weight is 230 g/mol. The van der Waals surface area contributed by atoms with Gasteiger partial charge in [-0.05, 0) is 6.07 Å². The minimum atomic E-state index is 0.0859. The molecule has 3 heterocycles. The number of carbonyl (C=O) groups excluding carboxylic acids is 1. The summed E-state index contributed by atoms with van der Waals surface area (Å²) >= 11 is 1.89. The van der Waals surface area contributed by atoms with Crippen molar-refractivity contribution >= 4 is 28.6 Å². The van der Waals surface area contributed by atoms with Gasteiger partial charge in [0.25, 0.3) is 5.91 Å². The molecule has 2 aliphatic rings. The van der Waals surface area contributed by atoms with E-state index in [4.69, 9.17) is 0 Å². The maximum absolute atomic E-state index is 11.8. The number of benzene rings is 1. The Morgan fingerprint density at radius 1 is 1.38 bits per heavy atom. The van der Waals surface area contributed by atoms with E-state index in [0.29, 0.717) is 6.54 Å². The molecule has 2 aromatic rings. The SMILES string of the molecule is O=C1NCc2c1c1cccc3c1n2CCS3. The molecule has 0 fully saturated rings. The minimum Gasteiger partial charge on any atom is -0.346 e. The van der Waals surface area contributed by atoms with Crippen LogP contribution in [0.25, 0.3) is 10.9 Å². The van der Waals surface area contributed by atoms with Crippen LogP contribution in [0.1, 0.15) is 16.1 Å². The molecule has 0 bridgehead atoms. The Kier molecular flexibility index (Phi) is 1.54. The van der Waals surface area contributed by atoms with Gasteiger partial charge in [0.1, 0.15) is 0 Å². The zero-order valence-electron chi connectivity index (χ0n) is 8.62. The first kappa shape index (κ1) is 8.70. The molecular weight excluding hydrogens is 220 g/mol. The fourth-order valence-electron chi connectivity index (χ4n) is 2.73. The molecule has 0 radical (unpaired) electrons. The summed E-state index contributed by atoms with van der Waals surface area (Å²) in [5.74, 6) is 1.18. The predicted octanol–water partition coefficient (Wildman–Crippen LogP) is 1.99. The number of rotatable bonds is 0. The lowest BCUT2D eigenvalue weighted by atomic mass is 10.1. The first-order valence-electron chi connectivity index (χ1n) is 5.41. The molecule has 0 atom stereocenters. The molecule has 1 amide bonds. The maximum atomic E-state index is 11.8. The van der Waals surface area contributed by atoms with Gasteiger partial charge in [-0.1, -0.05) is 12.1 Å². The van der Waals surface area contributed by atoms with E-state index in [-0.39, 0.29) is 5.91 Å². The number of hydrogen-bond acceptors (Lipinski definition) is 2. The van der Waals surface area contributed by atoms with Gasteiger partial charge in [0.05, 0.1) is 23.3 Å². The van der Waals surface area contributed by atoms with Crippen LogP contribution in [-0.4, -0.2) is 16.2 Å². The van der Waals surface area contributed by atoms with Crippen LogP contribution in [0, 0.1) is 0 Å². The van der Waals surface area contributed by atoms with Crippen molar-refractivity contribution < 1.29 is 4.79 Å². The molecule has 1 N–H and O–H groups in total. The van der Waals surface area contributed by atoms with Gasteiger partial charge in [-0.25, -0.2) is 0 Å².